The Morgan fingerprint density at radius 2 is 1.88 bits per heavy atom. The summed E-state index contributed by atoms with van der Waals surface area (Å²) in [6, 6.07) is 13.6. The Kier molecular flexibility index (Phi) is 6.95. The van der Waals surface area contributed by atoms with Gasteiger partial charge in [-0.3, -0.25) is 9.59 Å². The molecular weight excluding hydrogens is 316 g/mol. The van der Waals surface area contributed by atoms with Gasteiger partial charge >= 0.3 is 5.97 Å². The summed E-state index contributed by atoms with van der Waals surface area (Å²) in [7, 11) is 1.36. The van der Waals surface area contributed by atoms with Crippen LogP contribution in [0.4, 0.5) is 0 Å². The largest absolute Gasteiger partial charge is 0.469 e. The summed E-state index contributed by atoms with van der Waals surface area (Å²) in [4.78, 5) is 24.1. The van der Waals surface area contributed by atoms with E-state index in [0.717, 1.165) is 22.8 Å². The molecule has 2 atom stereocenters. The van der Waals surface area contributed by atoms with E-state index in [9.17, 15) is 9.59 Å². The number of benzene rings is 2. The summed E-state index contributed by atoms with van der Waals surface area (Å²) in [5.74, 6) is -1.00. The fraction of sp³-hybridized carbons (Fsp3) is 0.400. The van der Waals surface area contributed by atoms with Crippen LogP contribution in [-0.2, 0) is 20.7 Å². The summed E-state index contributed by atoms with van der Waals surface area (Å²) in [5.41, 5.74) is 6.84. The van der Waals surface area contributed by atoms with Crippen molar-refractivity contribution in [2.75, 3.05) is 13.7 Å². The van der Waals surface area contributed by atoms with E-state index in [0.29, 0.717) is 12.8 Å². The second-order valence-corrected chi connectivity index (χ2v) is 6.25. The number of nitrogens with two attached hydrogens (primary N) is 1. The van der Waals surface area contributed by atoms with E-state index in [4.69, 9.17) is 10.5 Å². The lowest BCUT2D eigenvalue weighted by molar-refractivity contribution is -0.145. The molecule has 2 rings (SSSR count). The average molecular weight is 342 g/mol. The summed E-state index contributed by atoms with van der Waals surface area (Å²) in [6.07, 6.45) is 1.96. The van der Waals surface area contributed by atoms with Gasteiger partial charge in [0, 0.05) is 6.54 Å². The molecular formula is C20H26N2O3. The van der Waals surface area contributed by atoms with Crippen molar-refractivity contribution in [1.82, 2.24) is 5.32 Å². The number of carbonyl (C=O) groups is 2. The minimum Gasteiger partial charge on any atom is -0.469 e. The topological polar surface area (TPSA) is 81.4 Å². The normalized spacial score (nSPS) is 13.2. The highest BCUT2D eigenvalue weighted by Gasteiger charge is 2.22. The van der Waals surface area contributed by atoms with Crippen LogP contribution in [0.15, 0.2) is 42.5 Å². The Labute approximate surface area is 148 Å². The average Bonchev–Trinajstić information content (AvgIpc) is 2.64. The van der Waals surface area contributed by atoms with Crippen LogP contribution in [0.3, 0.4) is 0 Å². The number of nitrogens with one attached hydrogen (secondary N) is 1. The molecule has 0 aromatic heterocycles. The summed E-state index contributed by atoms with van der Waals surface area (Å²) in [5, 5.41) is 5.05. The van der Waals surface area contributed by atoms with Crippen LogP contribution < -0.4 is 11.1 Å². The van der Waals surface area contributed by atoms with Crippen molar-refractivity contribution in [3.8, 4) is 0 Å². The van der Waals surface area contributed by atoms with Crippen molar-refractivity contribution in [1.29, 1.82) is 0 Å². The number of rotatable bonds is 8. The van der Waals surface area contributed by atoms with E-state index in [1.54, 1.807) is 0 Å². The van der Waals surface area contributed by atoms with Crippen LogP contribution in [-0.4, -0.2) is 31.6 Å². The predicted octanol–water partition coefficient (Wildman–Crippen LogP) is 2.42. The van der Waals surface area contributed by atoms with Crippen molar-refractivity contribution in [2.45, 2.75) is 32.2 Å². The van der Waals surface area contributed by atoms with E-state index < -0.39 is 12.0 Å². The number of esters is 1. The van der Waals surface area contributed by atoms with Gasteiger partial charge in [0.05, 0.1) is 19.1 Å². The number of hydrogen-bond acceptors (Lipinski definition) is 4. The number of fused-ring (bicyclic) bond motifs is 1. The van der Waals surface area contributed by atoms with E-state index in [1.807, 2.05) is 43.3 Å². The number of carbonyl (C=O) groups excluding carboxylic acids is 2. The molecule has 25 heavy (non-hydrogen) atoms. The highest BCUT2D eigenvalue weighted by atomic mass is 16.5. The van der Waals surface area contributed by atoms with Gasteiger partial charge in [0.2, 0.25) is 5.91 Å². The molecule has 134 valence electrons. The van der Waals surface area contributed by atoms with Gasteiger partial charge in [-0.15, -0.1) is 0 Å². The minimum absolute atomic E-state index is 0.218. The van der Waals surface area contributed by atoms with Crippen molar-refractivity contribution < 1.29 is 14.3 Å². The van der Waals surface area contributed by atoms with Crippen LogP contribution in [0.25, 0.3) is 10.8 Å². The summed E-state index contributed by atoms with van der Waals surface area (Å²) >= 11 is 0. The zero-order valence-electron chi connectivity index (χ0n) is 14.8. The third-order valence-corrected chi connectivity index (χ3v) is 4.29. The van der Waals surface area contributed by atoms with Gasteiger partial charge in [0.1, 0.15) is 0 Å². The number of amides is 1. The molecule has 0 radical (unpaired) electrons. The van der Waals surface area contributed by atoms with Crippen molar-refractivity contribution in [3.63, 3.8) is 0 Å². The molecule has 0 aliphatic rings. The lowest BCUT2D eigenvalue weighted by atomic mass is 9.97. The van der Waals surface area contributed by atoms with E-state index in [-0.39, 0.29) is 18.4 Å². The molecule has 5 heteroatoms. The molecule has 0 saturated heterocycles. The Morgan fingerprint density at radius 1 is 1.16 bits per heavy atom. The number of hydrogen-bond donors (Lipinski definition) is 2. The maximum absolute atomic E-state index is 12.1. The first-order valence-corrected chi connectivity index (χ1v) is 8.64. The Hall–Kier alpha value is -2.40. The third kappa shape index (κ3) is 5.29. The first kappa shape index (κ1) is 18.9. The second kappa shape index (κ2) is 9.18. The van der Waals surface area contributed by atoms with E-state index in [1.165, 1.54) is 7.11 Å². The zero-order valence-corrected chi connectivity index (χ0v) is 14.8. The van der Waals surface area contributed by atoms with E-state index in [2.05, 4.69) is 11.4 Å². The quantitative estimate of drug-likeness (QED) is 0.722. The van der Waals surface area contributed by atoms with Crippen LogP contribution in [0.2, 0.25) is 0 Å². The highest BCUT2D eigenvalue weighted by molar-refractivity contribution is 5.84. The molecule has 0 spiro atoms. The Balaban J connectivity index is 2.06. The molecule has 0 bridgehead atoms. The molecule has 1 amide bonds. The highest BCUT2D eigenvalue weighted by Crippen LogP contribution is 2.18. The summed E-state index contributed by atoms with van der Waals surface area (Å²) < 4.78 is 4.89. The van der Waals surface area contributed by atoms with Crippen molar-refractivity contribution >= 4 is 22.6 Å². The number of methoxy groups -OCH3 is 1. The maximum Gasteiger partial charge on any atom is 0.310 e. The van der Waals surface area contributed by atoms with Gasteiger partial charge in [-0.1, -0.05) is 55.8 Å². The van der Waals surface area contributed by atoms with Gasteiger partial charge in [-0.25, -0.2) is 0 Å². The fourth-order valence-corrected chi connectivity index (χ4v) is 2.85. The molecule has 2 aromatic rings. The molecule has 2 aromatic carbocycles. The zero-order chi connectivity index (χ0) is 18.2. The molecule has 0 heterocycles. The molecule has 0 aliphatic carbocycles. The molecule has 0 fully saturated rings. The Morgan fingerprint density at radius 3 is 2.56 bits per heavy atom. The molecule has 0 aliphatic heterocycles. The first-order chi connectivity index (χ1) is 12.0. The number of ether oxygens (including phenoxy) is 1. The molecule has 0 saturated carbocycles. The third-order valence-electron chi connectivity index (χ3n) is 4.29. The van der Waals surface area contributed by atoms with Crippen LogP contribution in [0.1, 0.15) is 25.3 Å². The lowest BCUT2D eigenvalue weighted by Crippen LogP contribution is -2.43. The van der Waals surface area contributed by atoms with Crippen LogP contribution in [0.5, 0.6) is 0 Å². The smallest absolute Gasteiger partial charge is 0.310 e. The van der Waals surface area contributed by atoms with Gasteiger partial charge in [-0.2, -0.15) is 0 Å². The Bertz CT molecular complexity index is 730. The van der Waals surface area contributed by atoms with Gasteiger partial charge < -0.3 is 15.8 Å². The van der Waals surface area contributed by atoms with Gasteiger partial charge in [0.15, 0.2) is 0 Å². The maximum atomic E-state index is 12.1. The van der Waals surface area contributed by atoms with E-state index >= 15 is 0 Å². The van der Waals surface area contributed by atoms with Crippen molar-refractivity contribution in [2.24, 2.45) is 11.7 Å². The molecule has 2 unspecified atom stereocenters. The van der Waals surface area contributed by atoms with Crippen LogP contribution in [0, 0.1) is 5.92 Å². The SMILES string of the molecule is CCCC(N)C(=O)NCC(Cc1ccc2ccccc2c1)C(=O)OC. The molecule has 5 nitrogen and oxygen atoms in total. The monoisotopic (exact) mass is 342 g/mol. The molecule has 3 N–H and O–H groups in total. The standard InChI is InChI=1S/C20H26N2O3/c1-3-6-18(21)19(23)22-13-17(20(24)25-2)12-14-9-10-15-7-4-5-8-16(15)11-14/h4-5,7-11,17-18H,3,6,12-13,21H2,1-2H3,(H,22,23). The summed E-state index contributed by atoms with van der Waals surface area (Å²) in [6.45, 7) is 2.19. The van der Waals surface area contributed by atoms with Crippen LogP contribution >= 0.6 is 0 Å². The lowest BCUT2D eigenvalue weighted by Gasteiger charge is -2.17. The minimum atomic E-state index is -0.538. The van der Waals surface area contributed by atoms with Gasteiger partial charge in [-0.05, 0) is 29.2 Å². The second-order valence-electron chi connectivity index (χ2n) is 6.25. The van der Waals surface area contributed by atoms with Crippen molar-refractivity contribution in [3.05, 3.63) is 48.0 Å². The first-order valence-electron chi connectivity index (χ1n) is 8.64. The fourth-order valence-electron chi connectivity index (χ4n) is 2.85. The predicted molar refractivity (Wildman–Crippen MR) is 99.1 cm³/mol. The van der Waals surface area contributed by atoms with Gasteiger partial charge in [0.25, 0.3) is 0 Å².